The predicted molar refractivity (Wildman–Crippen MR) is 84.4 cm³/mol. The lowest BCUT2D eigenvalue weighted by atomic mass is 9.98. The first-order valence-electron chi connectivity index (χ1n) is 6.46. The van der Waals surface area contributed by atoms with Crippen LogP contribution in [0, 0.1) is 5.92 Å². The normalized spacial score (nSPS) is 18.8. The number of hydrogen-bond acceptors (Lipinski definition) is 4. The number of thiophene rings is 1. The van der Waals surface area contributed by atoms with Gasteiger partial charge in [0.05, 0.1) is 18.2 Å². The second-order valence-electron chi connectivity index (χ2n) is 5.12. The Balaban J connectivity index is 2.27. The summed E-state index contributed by atoms with van der Waals surface area (Å²) in [4.78, 5) is 12.3. The lowest BCUT2D eigenvalue weighted by Gasteiger charge is -2.29. The molecular weight excluding hydrogens is 292 g/mol. The highest BCUT2D eigenvalue weighted by Gasteiger charge is 2.31. The van der Waals surface area contributed by atoms with E-state index in [4.69, 9.17) is 17.0 Å². The van der Waals surface area contributed by atoms with Crippen LogP contribution in [0.25, 0.3) is 0 Å². The van der Waals surface area contributed by atoms with Gasteiger partial charge in [0.15, 0.2) is 5.11 Å². The smallest absolute Gasteiger partial charge is 0.338 e. The summed E-state index contributed by atoms with van der Waals surface area (Å²) in [6.45, 7) is 6.28. The maximum Gasteiger partial charge on any atom is 0.338 e. The Kier molecular flexibility index (Phi) is 4.77. The molecule has 2 heterocycles. The second kappa shape index (κ2) is 6.37. The van der Waals surface area contributed by atoms with Gasteiger partial charge < -0.3 is 15.4 Å². The van der Waals surface area contributed by atoms with Gasteiger partial charge in [0.2, 0.25) is 0 Å². The van der Waals surface area contributed by atoms with Crippen molar-refractivity contribution in [2.75, 3.05) is 6.61 Å². The number of thiocarbonyl (C=S) groups is 1. The fourth-order valence-electron chi connectivity index (χ4n) is 1.97. The molecule has 0 fully saturated rings. The van der Waals surface area contributed by atoms with Crippen LogP contribution in [0.2, 0.25) is 0 Å². The van der Waals surface area contributed by atoms with Gasteiger partial charge in [-0.05, 0) is 47.4 Å². The molecule has 2 N–H and O–H groups in total. The minimum absolute atomic E-state index is 0.241. The molecule has 0 aromatic carbocycles. The van der Waals surface area contributed by atoms with E-state index < -0.39 is 0 Å². The average Bonchev–Trinajstić information content (AvgIpc) is 2.88. The average molecular weight is 310 g/mol. The standard InChI is InChI=1S/C14H18N2O2S2/c1-8(2)6-18-13(17)11-9(3)15-14(19)16-12(11)10-4-5-20-7-10/h4-5,7-8,12H,6H2,1-3H3,(H2,15,16,19). The number of carbonyl (C=O) groups is 1. The van der Waals surface area contributed by atoms with E-state index in [1.54, 1.807) is 11.3 Å². The van der Waals surface area contributed by atoms with Crippen LogP contribution in [0.1, 0.15) is 32.4 Å². The first kappa shape index (κ1) is 15.0. The highest BCUT2D eigenvalue weighted by Crippen LogP contribution is 2.29. The van der Waals surface area contributed by atoms with Crippen molar-refractivity contribution in [1.29, 1.82) is 0 Å². The van der Waals surface area contributed by atoms with Crippen molar-refractivity contribution >= 4 is 34.6 Å². The maximum absolute atomic E-state index is 12.3. The second-order valence-corrected chi connectivity index (χ2v) is 6.31. The minimum atomic E-state index is -0.296. The molecule has 20 heavy (non-hydrogen) atoms. The van der Waals surface area contributed by atoms with Gasteiger partial charge in [-0.15, -0.1) is 0 Å². The molecular formula is C14H18N2O2S2. The molecule has 1 atom stereocenters. The molecule has 6 heteroatoms. The van der Waals surface area contributed by atoms with E-state index in [9.17, 15) is 4.79 Å². The predicted octanol–water partition coefficient (Wildman–Crippen LogP) is 2.74. The summed E-state index contributed by atoms with van der Waals surface area (Å²) >= 11 is 6.76. The van der Waals surface area contributed by atoms with Gasteiger partial charge in [0.1, 0.15) is 0 Å². The third-order valence-corrected chi connectivity index (χ3v) is 3.83. The van der Waals surface area contributed by atoms with Crippen LogP contribution in [0.15, 0.2) is 28.1 Å². The molecule has 0 saturated carbocycles. The Morgan fingerprint density at radius 2 is 2.30 bits per heavy atom. The fraction of sp³-hybridized carbons (Fsp3) is 0.429. The van der Waals surface area contributed by atoms with Crippen molar-refractivity contribution in [3.8, 4) is 0 Å². The molecule has 2 rings (SSSR count). The van der Waals surface area contributed by atoms with Gasteiger partial charge in [-0.1, -0.05) is 13.8 Å². The summed E-state index contributed by atoms with van der Waals surface area (Å²) in [6, 6.07) is 1.74. The van der Waals surface area contributed by atoms with Crippen LogP contribution in [0.3, 0.4) is 0 Å². The monoisotopic (exact) mass is 310 g/mol. The van der Waals surface area contributed by atoms with E-state index in [0.717, 1.165) is 11.3 Å². The molecule has 1 aromatic rings. The van der Waals surface area contributed by atoms with Gasteiger partial charge in [0.25, 0.3) is 0 Å². The van der Waals surface area contributed by atoms with Crippen LogP contribution in [0.5, 0.6) is 0 Å². The third-order valence-electron chi connectivity index (χ3n) is 2.91. The third kappa shape index (κ3) is 3.37. The van der Waals surface area contributed by atoms with Crippen LogP contribution in [-0.2, 0) is 9.53 Å². The molecule has 1 aromatic heterocycles. The molecule has 1 aliphatic heterocycles. The minimum Gasteiger partial charge on any atom is -0.462 e. The zero-order valence-electron chi connectivity index (χ0n) is 11.7. The topological polar surface area (TPSA) is 50.4 Å². The zero-order valence-corrected chi connectivity index (χ0v) is 13.4. The van der Waals surface area contributed by atoms with Crippen molar-refractivity contribution < 1.29 is 9.53 Å². The molecule has 1 aliphatic rings. The molecule has 0 amide bonds. The first-order chi connectivity index (χ1) is 9.49. The highest BCUT2D eigenvalue weighted by molar-refractivity contribution is 7.80. The number of nitrogens with one attached hydrogen (secondary N) is 2. The van der Waals surface area contributed by atoms with E-state index in [0.29, 0.717) is 23.2 Å². The fourth-order valence-corrected chi connectivity index (χ4v) is 2.93. The Labute approximate surface area is 128 Å². The number of ether oxygens (including phenoxy) is 1. The Morgan fingerprint density at radius 1 is 1.55 bits per heavy atom. The van der Waals surface area contributed by atoms with E-state index in [-0.39, 0.29) is 12.0 Å². The van der Waals surface area contributed by atoms with Gasteiger partial charge in [0, 0.05) is 5.70 Å². The van der Waals surface area contributed by atoms with Crippen LogP contribution < -0.4 is 10.6 Å². The van der Waals surface area contributed by atoms with Crippen LogP contribution in [0.4, 0.5) is 0 Å². The van der Waals surface area contributed by atoms with Crippen molar-refractivity contribution in [2.45, 2.75) is 26.8 Å². The number of allylic oxidation sites excluding steroid dienone is 1. The molecule has 0 bridgehead atoms. The zero-order chi connectivity index (χ0) is 14.7. The van der Waals surface area contributed by atoms with E-state index >= 15 is 0 Å². The van der Waals surface area contributed by atoms with Crippen molar-refractivity contribution in [3.63, 3.8) is 0 Å². The van der Waals surface area contributed by atoms with E-state index in [1.807, 2.05) is 37.6 Å². The van der Waals surface area contributed by atoms with Gasteiger partial charge in [-0.3, -0.25) is 0 Å². The van der Waals surface area contributed by atoms with E-state index in [1.165, 1.54) is 0 Å². The SMILES string of the molecule is CC1=C(C(=O)OCC(C)C)C(c2ccsc2)NC(=S)N1. The van der Waals surface area contributed by atoms with Gasteiger partial charge >= 0.3 is 5.97 Å². The molecule has 0 aliphatic carbocycles. The van der Waals surface area contributed by atoms with Crippen LogP contribution >= 0.6 is 23.6 Å². The molecule has 108 valence electrons. The molecule has 4 nitrogen and oxygen atoms in total. The molecule has 0 radical (unpaired) electrons. The number of esters is 1. The summed E-state index contributed by atoms with van der Waals surface area (Å²) in [5.41, 5.74) is 2.37. The Hall–Kier alpha value is -1.40. The van der Waals surface area contributed by atoms with E-state index in [2.05, 4.69) is 10.6 Å². The van der Waals surface area contributed by atoms with Crippen molar-refractivity contribution in [3.05, 3.63) is 33.7 Å². The lowest BCUT2D eigenvalue weighted by molar-refractivity contribution is -0.140. The maximum atomic E-state index is 12.3. The van der Waals surface area contributed by atoms with Gasteiger partial charge in [-0.25, -0.2) is 4.79 Å². The number of carbonyl (C=O) groups excluding carboxylic acids is 1. The lowest BCUT2D eigenvalue weighted by Crippen LogP contribution is -2.45. The first-order valence-corrected chi connectivity index (χ1v) is 7.81. The molecule has 0 spiro atoms. The molecule has 1 unspecified atom stereocenters. The summed E-state index contributed by atoms with van der Waals surface area (Å²) in [5, 5.41) is 10.6. The summed E-state index contributed by atoms with van der Waals surface area (Å²) in [6.07, 6.45) is 0. The summed E-state index contributed by atoms with van der Waals surface area (Å²) in [7, 11) is 0. The van der Waals surface area contributed by atoms with Crippen LogP contribution in [-0.4, -0.2) is 17.7 Å². The number of rotatable bonds is 4. The Bertz CT molecular complexity index is 535. The Morgan fingerprint density at radius 3 is 2.90 bits per heavy atom. The van der Waals surface area contributed by atoms with Crippen molar-refractivity contribution in [1.82, 2.24) is 10.6 Å². The van der Waals surface area contributed by atoms with Gasteiger partial charge in [-0.2, -0.15) is 11.3 Å². The largest absolute Gasteiger partial charge is 0.462 e. The quantitative estimate of drug-likeness (QED) is 0.661. The molecule has 0 saturated heterocycles. The highest BCUT2D eigenvalue weighted by atomic mass is 32.1. The number of hydrogen-bond donors (Lipinski definition) is 2. The van der Waals surface area contributed by atoms with Crippen molar-refractivity contribution in [2.24, 2.45) is 5.92 Å². The summed E-state index contributed by atoms with van der Waals surface area (Å²) in [5.74, 6) is 0.0138. The summed E-state index contributed by atoms with van der Waals surface area (Å²) < 4.78 is 5.36.